The van der Waals surface area contributed by atoms with Crippen LogP contribution in [0.4, 0.5) is 5.69 Å². The highest BCUT2D eigenvalue weighted by Gasteiger charge is 2.28. The van der Waals surface area contributed by atoms with E-state index >= 15 is 0 Å². The molecule has 1 fully saturated rings. The predicted molar refractivity (Wildman–Crippen MR) is 92.2 cm³/mol. The summed E-state index contributed by atoms with van der Waals surface area (Å²) in [7, 11) is -3.69. The number of sulfone groups is 1. The van der Waals surface area contributed by atoms with Crippen LogP contribution in [0.25, 0.3) is 0 Å². The van der Waals surface area contributed by atoms with Gasteiger partial charge in [0.25, 0.3) is 5.91 Å². The minimum Gasteiger partial charge on any atom is -0.482 e. The van der Waals surface area contributed by atoms with Gasteiger partial charge in [-0.15, -0.1) is 0 Å². The number of hydrogen-bond acceptors (Lipinski definition) is 5. The summed E-state index contributed by atoms with van der Waals surface area (Å²) in [5, 5.41) is 4.65. The summed E-state index contributed by atoms with van der Waals surface area (Å²) in [4.78, 5) is 23.6. The van der Waals surface area contributed by atoms with Crippen molar-refractivity contribution in [1.82, 2.24) is 5.32 Å². The highest BCUT2D eigenvalue weighted by Crippen LogP contribution is 2.31. The first kappa shape index (κ1) is 17.7. The van der Waals surface area contributed by atoms with Crippen LogP contribution < -0.4 is 15.4 Å². The lowest BCUT2D eigenvalue weighted by Gasteiger charge is -2.20. The van der Waals surface area contributed by atoms with E-state index in [-0.39, 0.29) is 35.8 Å². The number of rotatable bonds is 5. The van der Waals surface area contributed by atoms with Crippen LogP contribution in [0.5, 0.6) is 5.75 Å². The van der Waals surface area contributed by atoms with Crippen molar-refractivity contribution in [1.29, 1.82) is 0 Å². The molecule has 8 heteroatoms. The smallest absolute Gasteiger partial charge is 0.262 e. The Bertz CT molecular complexity index is 784. The molecule has 2 amide bonds. The second-order valence-corrected chi connectivity index (χ2v) is 8.97. The van der Waals surface area contributed by atoms with Gasteiger partial charge < -0.3 is 15.4 Å². The number of amides is 2. The van der Waals surface area contributed by atoms with Gasteiger partial charge in [0, 0.05) is 12.5 Å². The lowest BCUT2D eigenvalue weighted by Crippen LogP contribution is -2.36. The maximum atomic E-state index is 12.7. The maximum Gasteiger partial charge on any atom is 0.262 e. The summed E-state index contributed by atoms with van der Waals surface area (Å²) < 4.78 is 30.7. The van der Waals surface area contributed by atoms with Crippen LogP contribution in [0.1, 0.15) is 39.0 Å². The summed E-state index contributed by atoms with van der Waals surface area (Å²) in [6.45, 7) is 1.44. The number of fused-ring (bicyclic) bond motifs is 1. The first-order chi connectivity index (χ1) is 11.9. The van der Waals surface area contributed by atoms with Gasteiger partial charge in [-0.1, -0.05) is 12.8 Å². The molecule has 0 aromatic heterocycles. The van der Waals surface area contributed by atoms with Crippen LogP contribution in [0.15, 0.2) is 23.1 Å². The van der Waals surface area contributed by atoms with Crippen molar-refractivity contribution < 1.29 is 22.7 Å². The molecule has 1 aliphatic carbocycles. The van der Waals surface area contributed by atoms with Gasteiger partial charge in [-0.2, -0.15) is 0 Å². The first-order valence-corrected chi connectivity index (χ1v) is 10.0. The average molecular weight is 366 g/mol. The van der Waals surface area contributed by atoms with E-state index in [9.17, 15) is 18.0 Å². The first-order valence-electron chi connectivity index (χ1n) is 8.46. The Hall–Kier alpha value is -2.09. The molecule has 0 bridgehead atoms. The van der Waals surface area contributed by atoms with Crippen LogP contribution >= 0.6 is 0 Å². The van der Waals surface area contributed by atoms with E-state index in [4.69, 9.17) is 4.74 Å². The summed E-state index contributed by atoms with van der Waals surface area (Å²) in [6.07, 6.45) is 4.02. The minimum atomic E-state index is -3.69. The Morgan fingerprint density at radius 2 is 2.08 bits per heavy atom. The zero-order valence-electron chi connectivity index (χ0n) is 14.1. The summed E-state index contributed by atoms with van der Waals surface area (Å²) in [5.74, 6) is -0.131. The van der Waals surface area contributed by atoms with Crippen molar-refractivity contribution in [3.8, 4) is 5.75 Å². The van der Waals surface area contributed by atoms with Gasteiger partial charge in [0.1, 0.15) is 5.75 Å². The van der Waals surface area contributed by atoms with E-state index in [1.807, 2.05) is 0 Å². The molecule has 136 valence electrons. The molecule has 1 aliphatic heterocycles. The summed E-state index contributed by atoms with van der Waals surface area (Å²) in [5.41, 5.74) is 0.333. The van der Waals surface area contributed by atoms with Crippen molar-refractivity contribution in [2.45, 2.75) is 55.2 Å². The molecule has 0 saturated heterocycles. The largest absolute Gasteiger partial charge is 0.482 e. The number of anilines is 1. The van der Waals surface area contributed by atoms with E-state index < -0.39 is 15.1 Å². The maximum absolute atomic E-state index is 12.7. The van der Waals surface area contributed by atoms with E-state index in [1.54, 1.807) is 0 Å². The lowest BCUT2D eigenvalue weighted by atomic mass is 10.2. The molecular formula is C17H22N2O5S. The van der Waals surface area contributed by atoms with Crippen LogP contribution in [0, 0.1) is 0 Å². The van der Waals surface area contributed by atoms with Crippen molar-refractivity contribution in [2.75, 3.05) is 11.9 Å². The molecule has 1 atom stereocenters. The average Bonchev–Trinajstić information content (AvgIpc) is 3.06. The SMILES string of the molecule is CC(CC(=O)NC1CCCC1)S(=O)(=O)c1ccc2c(c1)NC(=O)CO2. The zero-order valence-corrected chi connectivity index (χ0v) is 14.9. The van der Waals surface area contributed by atoms with E-state index in [2.05, 4.69) is 10.6 Å². The second kappa shape index (κ2) is 7.03. The van der Waals surface area contributed by atoms with Gasteiger partial charge in [0.05, 0.1) is 15.8 Å². The Morgan fingerprint density at radius 3 is 2.80 bits per heavy atom. The number of carbonyl (C=O) groups is 2. The van der Waals surface area contributed by atoms with Crippen molar-refractivity contribution in [3.05, 3.63) is 18.2 Å². The van der Waals surface area contributed by atoms with Gasteiger partial charge >= 0.3 is 0 Å². The Labute approximate surface area is 147 Å². The van der Waals surface area contributed by atoms with Gasteiger partial charge in [-0.05, 0) is 38.0 Å². The molecular weight excluding hydrogens is 344 g/mol. The molecule has 1 unspecified atom stereocenters. The lowest BCUT2D eigenvalue weighted by molar-refractivity contribution is -0.121. The zero-order chi connectivity index (χ0) is 18.0. The second-order valence-electron chi connectivity index (χ2n) is 6.60. The van der Waals surface area contributed by atoms with Crippen LogP contribution in [0.3, 0.4) is 0 Å². The van der Waals surface area contributed by atoms with Gasteiger partial charge in [-0.25, -0.2) is 8.42 Å². The number of ether oxygens (including phenoxy) is 1. The molecule has 1 saturated carbocycles. The molecule has 1 aromatic rings. The quantitative estimate of drug-likeness (QED) is 0.825. The summed E-state index contributed by atoms with van der Waals surface area (Å²) in [6, 6.07) is 4.51. The molecule has 7 nitrogen and oxygen atoms in total. The third kappa shape index (κ3) is 3.95. The molecule has 25 heavy (non-hydrogen) atoms. The monoisotopic (exact) mass is 366 g/mol. The number of benzene rings is 1. The molecule has 0 radical (unpaired) electrons. The molecule has 3 rings (SSSR count). The minimum absolute atomic E-state index is 0.0678. The van der Waals surface area contributed by atoms with Gasteiger partial charge in [0.15, 0.2) is 16.4 Å². The van der Waals surface area contributed by atoms with E-state index in [0.717, 1.165) is 25.7 Å². The summed E-state index contributed by atoms with van der Waals surface area (Å²) >= 11 is 0. The van der Waals surface area contributed by atoms with Gasteiger partial charge in [-0.3, -0.25) is 9.59 Å². The predicted octanol–water partition coefficient (Wildman–Crippen LogP) is 1.63. The molecule has 1 aromatic carbocycles. The standard InChI is InChI=1S/C17H22N2O5S/c1-11(8-16(20)18-12-4-2-3-5-12)25(22,23)13-6-7-15-14(9-13)19-17(21)10-24-15/h6-7,9,11-12H,2-5,8,10H2,1H3,(H,18,20)(H,19,21). The molecule has 2 aliphatic rings. The normalized spacial score (nSPS) is 18.8. The molecule has 0 spiro atoms. The van der Waals surface area contributed by atoms with Crippen LogP contribution in [0.2, 0.25) is 0 Å². The van der Waals surface area contributed by atoms with Crippen molar-refractivity contribution in [2.24, 2.45) is 0 Å². The van der Waals surface area contributed by atoms with Crippen molar-refractivity contribution >= 4 is 27.3 Å². The third-order valence-corrected chi connectivity index (χ3v) is 6.77. The van der Waals surface area contributed by atoms with Gasteiger partial charge in [0.2, 0.25) is 5.91 Å². The fraction of sp³-hybridized carbons (Fsp3) is 0.529. The van der Waals surface area contributed by atoms with Crippen LogP contribution in [-0.4, -0.2) is 38.1 Å². The fourth-order valence-electron chi connectivity index (χ4n) is 3.20. The van der Waals surface area contributed by atoms with Crippen molar-refractivity contribution in [3.63, 3.8) is 0 Å². The fourth-order valence-corrected chi connectivity index (χ4v) is 4.57. The molecule has 2 N–H and O–H groups in total. The highest BCUT2D eigenvalue weighted by molar-refractivity contribution is 7.92. The number of carbonyl (C=O) groups excluding carboxylic acids is 2. The Morgan fingerprint density at radius 1 is 1.36 bits per heavy atom. The Balaban J connectivity index is 1.70. The third-order valence-electron chi connectivity index (χ3n) is 4.64. The highest BCUT2D eigenvalue weighted by atomic mass is 32.2. The number of nitrogens with one attached hydrogen (secondary N) is 2. The number of hydrogen-bond donors (Lipinski definition) is 2. The van der Waals surface area contributed by atoms with Crippen LogP contribution in [-0.2, 0) is 19.4 Å². The molecule has 1 heterocycles. The van der Waals surface area contributed by atoms with E-state index in [1.165, 1.54) is 25.1 Å². The topological polar surface area (TPSA) is 102 Å². The Kier molecular flexibility index (Phi) is 4.99. The van der Waals surface area contributed by atoms with E-state index in [0.29, 0.717) is 11.4 Å².